The van der Waals surface area contributed by atoms with Gasteiger partial charge in [0.2, 0.25) is 5.78 Å². The molecule has 0 spiro atoms. The molecule has 1 aliphatic rings. The molecule has 0 saturated heterocycles. The number of Topliss-reactive ketones (excluding diaryl/α,β-unsaturated/α-hetero) is 1. The van der Waals surface area contributed by atoms with E-state index in [2.05, 4.69) is 4.98 Å². The number of thiophene rings is 2. The lowest BCUT2D eigenvalue weighted by Gasteiger charge is -2.03. The Morgan fingerprint density at radius 1 is 1.27 bits per heavy atom. The second-order valence-corrected chi connectivity index (χ2v) is 8.52. The van der Waals surface area contributed by atoms with Gasteiger partial charge in [0.1, 0.15) is 15.5 Å². The molecule has 1 aliphatic heterocycles. The molecule has 0 radical (unpaired) electrons. The summed E-state index contributed by atoms with van der Waals surface area (Å²) in [4.78, 5) is 44.2. The Balaban J connectivity index is 1.59. The number of aromatic nitrogens is 2. The van der Waals surface area contributed by atoms with E-state index in [1.807, 2.05) is 13.0 Å². The lowest BCUT2D eigenvalue weighted by Crippen LogP contribution is -2.20. The van der Waals surface area contributed by atoms with Gasteiger partial charge in [0.05, 0.1) is 10.3 Å². The predicted octanol–water partition coefficient (Wildman–Crippen LogP) is 3.12. The largest absolute Gasteiger partial charge is 0.453 e. The maximum Gasteiger partial charge on any atom is 0.349 e. The lowest BCUT2D eigenvalue weighted by molar-refractivity contribution is 0.0480. The van der Waals surface area contributed by atoms with Crippen LogP contribution in [0.2, 0.25) is 0 Å². The molecule has 134 valence electrons. The molecule has 0 unspecified atom stereocenters. The van der Waals surface area contributed by atoms with Crippen LogP contribution in [0.4, 0.5) is 0 Å². The molecule has 4 heterocycles. The first-order chi connectivity index (χ1) is 12.5. The monoisotopic (exact) mass is 388 g/mol. The summed E-state index contributed by atoms with van der Waals surface area (Å²) < 4.78 is 6.88. The number of ketones is 1. The second-order valence-electron chi connectivity index (χ2n) is 6.23. The van der Waals surface area contributed by atoms with Crippen LogP contribution in [0.3, 0.4) is 0 Å². The highest BCUT2D eigenvalue weighted by Crippen LogP contribution is 2.29. The van der Waals surface area contributed by atoms with Crippen molar-refractivity contribution in [3.05, 3.63) is 48.5 Å². The van der Waals surface area contributed by atoms with Crippen LogP contribution in [0.25, 0.3) is 10.2 Å². The Morgan fingerprint density at radius 2 is 2.08 bits per heavy atom. The van der Waals surface area contributed by atoms with Crippen molar-refractivity contribution in [1.29, 1.82) is 0 Å². The highest BCUT2D eigenvalue weighted by atomic mass is 32.1. The number of fused-ring (bicyclic) bond motifs is 2. The van der Waals surface area contributed by atoms with Gasteiger partial charge in [0.15, 0.2) is 6.61 Å². The summed E-state index contributed by atoms with van der Waals surface area (Å²) in [5.41, 5.74) is 0.481. The highest BCUT2D eigenvalue weighted by Gasteiger charge is 2.24. The number of carbonyl (C=O) groups is 2. The van der Waals surface area contributed by atoms with Crippen molar-refractivity contribution in [2.24, 2.45) is 0 Å². The van der Waals surface area contributed by atoms with Crippen LogP contribution < -0.4 is 5.56 Å². The van der Waals surface area contributed by atoms with E-state index in [4.69, 9.17) is 4.74 Å². The quantitative estimate of drug-likeness (QED) is 0.507. The third-order valence-corrected chi connectivity index (χ3v) is 6.65. The molecule has 0 aromatic carbocycles. The third kappa shape index (κ3) is 2.79. The van der Waals surface area contributed by atoms with Crippen molar-refractivity contribution in [3.63, 3.8) is 0 Å². The van der Waals surface area contributed by atoms with Gasteiger partial charge in [-0.1, -0.05) is 0 Å². The molecule has 3 aromatic heterocycles. The van der Waals surface area contributed by atoms with Gasteiger partial charge in [-0.15, -0.1) is 22.7 Å². The van der Waals surface area contributed by atoms with Crippen molar-refractivity contribution >= 4 is 44.6 Å². The maximum atomic E-state index is 12.7. The summed E-state index contributed by atoms with van der Waals surface area (Å²) >= 11 is 2.53. The van der Waals surface area contributed by atoms with E-state index in [1.165, 1.54) is 11.3 Å². The summed E-state index contributed by atoms with van der Waals surface area (Å²) in [5.74, 6) is -0.0454. The Labute approximate surface area is 157 Å². The topological polar surface area (TPSA) is 78.3 Å². The number of rotatable bonds is 4. The molecule has 3 aromatic rings. The summed E-state index contributed by atoms with van der Waals surface area (Å²) in [7, 11) is 0. The van der Waals surface area contributed by atoms with Crippen LogP contribution in [0.5, 0.6) is 0 Å². The van der Waals surface area contributed by atoms with Gasteiger partial charge in [-0.2, -0.15) is 0 Å². The maximum absolute atomic E-state index is 12.7. The number of ether oxygens (including phenoxy) is 1. The summed E-state index contributed by atoms with van der Waals surface area (Å²) in [6.07, 6.45) is 1.69. The lowest BCUT2D eigenvalue weighted by atomic mass is 10.2. The molecule has 0 bridgehead atoms. The molecule has 0 saturated carbocycles. The van der Waals surface area contributed by atoms with Crippen molar-refractivity contribution < 1.29 is 14.3 Å². The standard InChI is InChI=1S/C18H16N2O4S2/c1-9-5-6-12(25-9)11(21)8-24-18(23)15-10(2)14-16(26-15)19-13-4-3-7-20(13)17(14)22/h5-6H,3-4,7-8H2,1-2H3. The molecular formula is C18H16N2O4S2. The fraction of sp³-hybridized carbons (Fsp3) is 0.333. The van der Waals surface area contributed by atoms with Crippen molar-refractivity contribution in [3.8, 4) is 0 Å². The van der Waals surface area contributed by atoms with Gasteiger partial charge in [0.25, 0.3) is 5.56 Å². The van der Waals surface area contributed by atoms with Crippen LogP contribution in [-0.4, -0.2) is 27.9 Å². The first kappa shape index (κ1) is 17.1. The molecule has 0 amide bonds. The molecule has 4 rings (SSSR count). The zero-order valence-corrected chi connectivity index (χ0v) is 16.0. The smallest absolute Gasteiger partial charge is 0.349 e. The average Bonchev–Trinajstić information content (AvgIpc) is 3.32. The second kappa shape index (κ2) is 6.44. The molecule has 8 heteroatoms. The van der Waals surface area contributed by atoms with Gasteiger partial charge >= 0.3 is 5.97 Å². The number of carbonyl (C=O) groups excluding carboxylic acids is 2. The zero-order valence-electron chi connectivity index (χ0n) is 14.3. The molecule has 0 aliphatic carbocycles. The van der Waals surface area contributed by atoms with Gasteiger partial charge in [-0.25, -0.2) is 9.78 Å². The van der Waals surface area contributed by atoms with Gasteiger partial charge in [-0.3, -0.25) is 14.2 Å². The molecule has 26 heavy (non-hydrogen) atoms. The normalized spacial score (nSPS) is 13.2. The Bertz CT molecular complexity index is 1110. The fourth-order valence-corrected chi connectivity index (χ4v) is 5.00. The summed E-state index contributed by atoms with van der Waals surface area (Å²) in [6.45, 7) is 4.00. The highest BCUT2D eigenvalue weighted by molar-refractivity contribution is 7.20. The number of aryl methyl sites for hydroxylation is 3. The molecule has 0 fully saturated rings. The van der Waals surface area contributed by atoms with Gasteiger partial charge in [0, 0.05) is 17.8 Å². The summed E-state index contributed by atoms with van der Waals surface area (Å²) in [6, 6.07) is 3.58. The number of hydrogen-bond donors (Lipinski definition) is 0. The van der Waals surface area contributed by atoms with Crippen LogP contribution in [0.15, 0.2) is 16.9 Å². The van der Waals surface area contributed by atoms with E-state index < -0.39 is 5.97 Å². The minimum atomic E-state index is -0.586. The Morgan fingerprint density at radius 3 is 2.81 bits per heavy atom. The fourth-order valence-electron chi connectivity index (χ4n) is 3.12. The molecule has 0 atom stereocenters. The average molecular weight is 388 g/mol. The number of hydrogen-bond acceptors (Lipinski definition) is 7. The molecular weight excluding hydrogens is 372 g/mol. The molecule has 6 nitrogen and oxygen atoms in total. The van der Waals surface area contributed by atoms with E-state index in [9.17, 15) is 14.4 Å². The molecule has 0 N–H and O–H groups in total. The zero-order chi connectivity index (χ0) is 18.4. The first-order valence-corrected chi connectivity index (χ1v) is 9.88. The third-order valence-electron chi connectivity index (χ3n) is 4.45. The van der Waals surface area contributed by atoms with Gasteiger partial charge < -0.3 is 4.74 Å². The number of esters is 1. The van der Waals surface area contributed by atoms with Crippen LogP contribution >= 0.6 is 22.7 Å². The minimum Gasteiger partial charge on any atom is -0.453 e. The van der Waals surface area contributed by atoms with Crippen molar-refractivity contribution in [2.45, 2.75) is 33.2 Å². The van der Waals surface area contributed by atoms with E-state index in [-0.39, 0.29) is 17.9 Å². The van der Waals surface area contributed by atoms with Crippen LogP contribution in [-0.2, 0) is 17.7 Å². The van der Waals surface area contributed by atoms with E-state index in [0.717, 1.165) is 34.9 Å². The van der Waals surface area contributed by atoms with E-state index in [1.54, 1.807) is 17.6 Å². The van der Waals surface area contributed by atoms with Crippen LogP contribution in [0.1, 0.15) is 42.0 Å². The van der Waals surface area contributed by atoms with E-state index >= 15 is 0 Å². The number of nitrogens with zero attached hydrogens (tertiary/aromatic N) is 2. The van der Waals surface area contributed by atoms with Gasteiger partial charge in [-0.05, 0) is 38.0 Å². The Kier molecular flexibility index (Phi) is 4.24. The Hall–Kier alpha value is -2.32. The SMILES string of the molecule is Cc1ccc(C(=O)COC(=O)c2sc3nc4n(c(=O)c3c2C)CCC4)s1. The van der Waals surface area contributed by atoms with Crippen molar-refractivity contribution in [1.82, 2.24) is 9.55 Å². The van der Waals surface area contributed by atoms with Crippen LogP contribution in [0, 0.1) is 13.8 Å². The van der Waals surface area contributed by atoms with E-state index in [0.29, 0.717) is 32.1 Å². The van der Waals surface area contributed by atoms with Crippen molar-refractivity contribution in [2.75, 3.05) is 6.61 Å². The summed E-state index contributed by atoms with van der Waals surface area (Å²) in [5, 5.41) is 0.479. The minimum absolute atomic E-state index is 0.0968. The first-order valence-electron chi connectivity index (χ1n) is 8.25. The predicted molar refractivity (Wildman–Crippen MR) is 101 cm³/mol.